The maximum atomic E-state index is 12.2. The van der Waals surface area contributed by atoms with Crippen molar-refractivity contribution in [2.24, 2.45) is 0 Å². The SMILES string of the molecule is FC(F)(Br)CCCCCCCBr. The van der Waals surface area contributed by atoms with Crippen LogP contribution in [0.1, 0.15) is 38.5 Å². The Bertz CT molecular complexity index is 102. The molecule has 0 fully saturated rings. The Labute approximate surface area is 89.4 Å². The highest BCUT2D eigenvalue weighted by molar-refractivity contribution is 9.10. The van der Waals surface area contributed by atoms with Gasteiger partial charge in [-0.2, -0.15) is 8.78 Å². The molecule has 0 heterocycles. The van der Waals surface area contributed by atoms with E-state index in [0.717, 1.165) is 31.0 Å². The third-order valence-electron chi connectivity index (χ3n) is 1.59. The molecule has 0 rings (SSSR count). The van der Waals surface area contributed by atoms with Gasteiger partial charge in [-0.05, 0) is 28.8 Å². The molecule has 0 aliphatic rings. The molecule has 0 N–H and O–H groups in total. The molecule has 0 aromatic carbocycles. The van der Waals surface area contributed by atoms with Crippen LogP contribution >= 0.6 is 31.9 Å². The summed E-state index contributed by atoms with van der Waals surface area (Å²) in [5.41, 5.74) is 0. The molecule has 0 saturated heterocycles. The van der Waals surface area contributed by atoms with E-state index in [9.17, 15) is 8.78 Å². The van der Waals surface area contributed by atoms with Gasteiger partial charge in [0.05, 0.1) is 0 Å². The van der Waals surface area contributed by atoms with Gasteiger partial charge in [0.2, 0.25) is 0 Å². The summed E-state index contributed by atoms with van der Waals surface area (Å²) in [6.07, 6.45) is 4.83. The van der Waals surface area contributed by atoms with Crippen molar-refractivity contribution in [1.29, 1.82) is 0 Å². The van der Waals surface area contributed by atoms with Crippen LogP contribution in [-0.2, 0) is 0 Å². The fourth-order valence-corrected chi connectivity index (χ4v) is 1.63. The summed E-state index contributed by atoms with van der Waals surface area (Å²) in [6.45, 7) is 0. The Morgan fingerprint density at radius 2 is 1.42 bits per heavy atom. The van der Waals surface area contributed by atoms with Crippen LogP contribution in [0, 0.1) is 0 Å². The van der Waals surface area contributed by atoms with Gasteiger partial charge in [0, 0.05) is 11.8 Å². The van der Waals surface area contributed by atoms with Gasteiger partial charge in [0.1, 0.15) is 0 Å². The molecule has 0 bridgehead atoms. The molecule has 0 radical (unpaired) electrons. The van der Waals surface area contributed by atoms with Gasteiger partial charge in [0.25, 0.3) is 0 Å². The fraction of sp³-hybridized carbons (Fsp3) is 1.00. The van der Waals surface area contributed by atoms with E-state index in [1.807, 2.05) is 0 Å². The second-order valence-corrected chi connectivity index (χ2v) is 4.78. The van der Waals surface area contributed by atoms with Crippen LogP contribution in [-0.4, -0.2) is 10.2 Å². The van der Waals surface area contributed by atoms with E-state index in [2.05, 4.69) is 31.9 Å². The standard InChI is InChI=1S/C8H14Br2F2/c9-7-5-3-1-2-4-6-8(10,11)12/h1-7H2. The molecule has 0 nitrogen and oxygen atoms in total. The highest BCUT2D eigenvalue weighted by Crippen LogP contribution is 2.28. The topological polar surface area (TPSA) is 0 Å². The minimum Gasteiger partial charge on any atom is -0.194 e. The Morgan fingerprint density at radius 1 is 0.917 bits per heavy atom. The van der Waals surface area contributed by atoms with Crippen molar-refractivity contribution in [1.82, 2.24) is 0 Å². The zero-order valence-corrected chi connectivity index (χ0v) is 10.1. The summed E-state index contributed by atoms with van der Waals surface area (Å²) < 4.78 is 24.4. The smallest absolute Gasteiger partial charge is 0.194 e. The van der Waals surface area contributed by atoms with Crippen molar-refractivity contribution >= 4 is 31.9 Å². The van der Waals surface area contributed by atoms with E-state index in [1.54, 1.807) is 0 Å². The number of alkyl halides is 4. The first-order chi connectivity index (χ1) is 5.56. The maximum absolute atomic E-state index is 12.2. The molecule has 0 aliphatic carbocycles. The van der Waals surface area contributed by atoms with Crippen molar-refractivity contribution in [3.8, 4) is 0 Å². The molecule has 0 saturated carbocycles. The van der Waals surface area contributed by atoms with E-state index in [4.69, 9.17) is 0 Å². The molecular formula is C8H14Br2F2. The summed E-state index contributed by atoms with van der Waals surface area (Å²) in [5, 5.41) is 1.02. The van der Waals surface area contributed by atoms with E-state index >= 15 is 0 Å². The molecule has 0 aromatic heterocycles. The van der Waals surface area contributed by atoms with Gasteiger partial charge in [0.15, 0.2) is 0 Å². The second-order valence-electron chi connectivity index (χ2n) is 2.82. The zero-order valence-electron chi connectivity index (χ0n) is 6.96. The van der Waals surface area contributed by atoms with E-state index in [-0.39, 0.29) is 6.42 Å². The normalized spacial score (nSPS) is 12.0. The Morgan fingerprint density at radius 3 is 1.92 bits per heavy atom. The van der Waals surface area contributed by atoms with E-state index in [1.165, 1.54) is 0 Å². The lowest BCUT2D eigenvalue weighted by molar-refractivity contribution is 0.101. The lowest BCUT2D eigenvalue weighted by atomic mass is 10.1. The van der Waals surface area contributed by atoms with Gasteiger partial charge in [-0.3, -0.25) is 0 Å². The summed E-state index contributed by atoms with van der Waals surface area (Å²) in [5.74, 6) is 0. The average Bonchev–Trinajstić information content (AvgIpc) is 1.94. The molecule has 0 amide bonds. The predicted molar refractivity (Wildman–Crippen MR) is 55.4 cm³/mol. The maximum Gasteiger partial charge on any atom is 0.301 e. The summed E-state index contributed by atoms with van der Waals surface area (Å²) in [4.78, 5) is -2.65. The van der Waals surface area contributed by atoms with Crippen LogP contribution < -0.4 is 0 Å². The van der Waals surface area contributed by atoms with E-state index < -0.39 is 4.83 Å². The highest BCUT2D eigenvalue weighted by Gasteiger charge is 2.22. The third kappa shape index (κ3) is 10.8. The van der Waals surface area contributed by atoms with Crippen molar-refractivity contribution in [2.75, 3.05) is 5.33 Å². The highest BCUT2D eigenvalue weighted by atomic mass is 79.9. The zero-order chi connectivity index (χ0) is 9.45. The van der Waals surface area contributed by atoms with Crippen molar-refractivity contribution < 1.29 is 8.78 Å². The van der Waals surface area contributed by atoms with Gasteiger partial charge in [-0.15, -0.1) is 0 Å². The van der Waals surface area contributed by atoms with Crippen LogP contribution in [0.4, 0.5) is 8.78 Å². The van der Waals surface area contributed by atoms with Crippen LogP contribution in [0.15, 0.2) is 0 Å². The monoisotopic (exact) mass is 306 g/mol. The third-order valence-corrected chi connectivity index (χ3v) is 2.55. The molecular weight excluding hydrogens is 294 g/mol. The molecule has 12 heavy (non-hydrogen) atoms. The molecule has 0 aliphatic heterocycles. The van der Waals surface area contributed by atoms with Gasteiger partial charge >= 0.3 is 4.83 Å². The van der Waals surface area contributed by atoms with E-state index in [0.29, 0.717) is 6.42 Å². The first-order valence-corrected chi connectivity index (χ1v) is 6.10. The molecule has 0 atom stereocenters. The number of halogens is 4. The van der Waals surface area contributed by atoms with Crippen LogP contribution in [0.3, 0.4) is 0 Å². The van der Waals surface area contributed by atoms with Crippen molar-refractivity contribution in [3.05, 3.63) is 0 Å². The summed E-state index contributed by atoms with van der Waals surface area (Å²) in [7, 11) is 0. The number of unbranched alkanes of at least 4 members (excludes halogenated alkanes) is 4. The van der Waals surface area contributed by atoms with Crippen LogP contribution in [0.5, 0.6) is 0 Å². The average molecular weight is 308 g/mol. The largest absolute Gasteiger partial charge is 0.301 e. The molecule has 0 aromatic rings. The number of hydrogen-bond donors (Lipinski definition) is 0. The second kappa shape index (κ2) is 7.25. The van der Waals surface area contributed by atoms with Gasteiger partial charge < -0.3 is 0 Å². The lowest BCUT2D eigenvalue weighted by Gasteiger charge is -2.06. The van der Waals surface area contributed by atoms with Crippen molar-refractivity contribution in [3.63, 3.8) is 0 Å². The quantitative estimate of drug-likeness (QED) is 0.472. The molecule has 0 unspecified atom stereocenters. The van der Waals surface area contributed by atoms with Crippen molar-refractivity contribution in [2.45, 2.75) is 43.4 Å². The Balaban J connectivity index is 3.01. The Hall–Kier alpha value is 0.820. The predicted octanol–water partition coefficient (Wildman–Crippen LogP) is 4.71. The lowest BCUT2D eigenvalue weighted by Crippen LogP contribution is -2.03. The molecule has 4 heteroatoms. The number of hydrogen-bond acceptors (Lipinski definition) is 0. The summed E-state index contributed by atoms with van der Waals surface area (Å²) >= 11 is 5.64. The fourth-order valence-electron chi connectivity index (χ4n) is 0.950. The minimum absolute atomic E-state index is 0.0404. The first-order valence-electron chi connectivity index (χ1n) is 4.19. The Kier molecular flexibility index (Phi) is 7.74. The molecule has 74 valence electrons. The van der Waals surface area contributed by atoms with Gasteiger partial charge in [-0.25, -0.2) is 0 Å². The summed E-state index contributed by atoms with van der Waals surface area (Å²) in [6, 6.07) is 0. The van der Waals surface area contributed by atoms with Crippen LogP contribution in [0.2, 0.25) is 0 Å². The van der Waals surface area contributed by atoms with Crippen LogP contribution in [0.25, 0.3) is 0 Å². The number of rotatable bonds is 7. The first kappa shape index (κ1) is 12.8. The molecule has 0 spiro atoms. The van der Waals surface area contributed by atoms with Gasteiger partial charge in [-0.1, -0.05) is 35.2 Å². The minimum atomic E-state index is -2.65.